The molecule has 0 aliphatic rings. The van der Waals surface area contributed by atoms with Gasteiger partial charge in [0.15, 0.2) is 5.78 Å². The number of ketones is 1. The van der Waals surface area contributed by atoms with Crippen LogP contribution in [0.3, 0.4) is 0 Å². The summed E-state index contributed by atoms with van der Waals surface area (Å²) < 4.78 is 1.87. The Bertz CT molecular complexity index is 949. The lowest BCUT2D eigenvalue weighted by Crippen LogP contribution is -2.26. The monoisotopic (exact) mass is 355 g/mol. The van der Waals surface area contributed by atoms with Crippen molar-refractivity contribution in [2.24, 2.45) is 0 Å². The van der Waals surface area contributed by atoms with E-state index in [2.05, 4.69) is 10.3 Å². The quantitative estimate of drug-likeness (QED) is 0.757. The average Bonchev–Trinajstić information content (AvgIpc) is 2.97. The molecule has 0 bridgehead atoms. The number of rotatable bonds is 5. The number of para-hydroxylation sites is 2. The van der Waals surface area contributed by atoms with Crippen molar-refractivity contribution in [3.8, 4) is 0 Å². The van der Waals surface area contributed by atoms with Crippen molar-refractivity contribution < 1.29 is 9.59 Å². The third-order valence-electron chi connectivity index (χ3n) is 4.17. The number of imidazole rings is 1. The van der Waals surface area contributed by atoms with Gasteiger partial charge in [0.2, 0.25) is 0 Å². The summed E-state index contributed by atoms with van der Waals surface area (Å²) in [5.74, 6) is 0.380. The van der Waals surface area contributed by atoms with Crippen LogP contribution in [0.1, 0.15) is 36.1 Å². The van der Waals surface area contributed by atoms with Gasteiger partial charge in [0.05, 0.1) is 34.2 Å². The molecule has 0 aliphatic heterocycles. The topological polar surface area (TPSA) is 64.0 Å². The summed E-state index contributed by atoms with van der Waals surface area (Å²) in [4.78, 5) is 28.8. The maximum atomic E-state index is 12.4. The molecule has 0 aliphatic carbocycles. The number of nitrogens with zero attached hydrogens (tertiary/aromatic N) is 2. The highest BCUT2D eigenvalue weighted by Crippen LogP contribution is 2.22. The molecule has 3 aromatic rings. The summed E-state index contributed by atoms with van der Waals surface area (Å²) in [5, 5.41) is 3.23. The van der Waals surface area contributed by atoms with Gasteiger partial charge < -0.3 is 9.88 Å². The normalized spacial score (nSPS) is 12.1. The van der Waals surface area contributed by atoms with E-state index in [4.69, 9.17) is 11.6 Å². The third-order valence-corrected chi connectivity index (χ3v) is 4.50. The zero-order chi connectivity index (χ0) is 18.0. The molecule has 0 radical (unpaired) electrons. The Morgan fingerprint density at radius 1 is 1.16 bits per heavy atom. The fraction of sp³-hybridized carbons (Fsp3) is 0.211. The molecule has 0 spiro atoms. The van der Waals surface area contributed by atoms with Gasteiger partial charge >= 0.3 is 0 Å². The molecule has 25 heavy (non-hydrogen) atoms. The molecule has 128 valence electrons. The van der Waals surface area contributed by atoms with Crippen molar-refractivity contribution in [1.82, 2.24) is 14.9 Å². The summed E-state index contributed by atoms with van der Waals surface area (Å²) in [6, 6.07) is 14.1. The van der Waals surface area contributed by atoms with Crippen LogP contribution in [-0.2, 0) is 11.3 Å². The highest BCUT2D eigenvalue weighted by atomic mass is 35.5. The first-order chi connectivity index (χ1) is 12.0. The van der Waals surface area contributed by atoms with Crippen LogP contribution in [0.2, 0.25) is 5.02 Å². The standard InChI is InChI=1S/C19H18ClN3O2/c1-12(13(2)24)23-17-10-6-5-9-16(17)22-18(23)11-21-19(25)14-7-3-4-8-15(14)20/h3-10,12H,11H2,1-2H3,(H,21,25). The molecule has 1 aromatic heterocycles. The molecule has 0 fully saturated rings. The van der Waals surface area contributed by atoms with E-state index >= 15 is 0 Å². The zero-order valence-corrected chi connectivity index (χ0v) is 14.7. The van der Waals surface area contributed by atoms with Gasteiger partial charge in [-0.1, -0.05) is 35.9 Å². The number of fused-ring (bicyclic) bond motifs is 1. The second-order valence-electron chi connectivity index (χ2n) is 5.84. The SMILES string of the molecule is CC(=O)C(C)n1c(CNC(=O)c2ccccc2Cl)nc2ccccc21. The van der Waals surface area contributed by atoms with Gasteiger partial charge in [-0.25, -0.2) is 4.98 Å². The van der Waals surface area contributed by atoms with Crippen LogP contribution in [0.4, 0.5) is 0 Å². The van der Waals surface area contributed by atoms with Gasteiger partial charge in [0.25, 0.3) is 5.91 Å². The van der Waals surface area contributed by atoms with Crippen molar-refractivity contribution in [2.75, 3.05) is 0 Å². The Morgan fingerprint density at radius 3 is 2.56 bits per heavy atom. The average molecular weight is 356 g/mol. The number of amides is 1. The second kappa shape index (κ2) is 7.07. The number of nitrogens with one attached hydrogen (secondary N) is 1. The van der Waals surface area contributed by atoms with E-state index < -0.39 is 0 Å². The Kier molecular flexibility index (Phi) is 4.86. The predicted molar refractivity (Wildman–Crippen MR) is 97.7 cm³/mol. The Morgan fingerprint density at radius 2 is 1.84 bits per heavy atom. The van der Waals surface area contributed by atoms with Crippen LogP contribution in [0, 0.1) is 0 Å². The minimum atomic E-state index is -0.361. The van der Waals surface area contributed by atoms with Gasteiger partial charge in [-0.15, -0.1) is 0 Å². The summed E-state index contributed by atoms with van der Waals surface area (Å²) in [5.41, 5.74) is 2.07. The number of carbonyl (C=O) groups excluding carboxylic acids is 2. The molecule has 5 nitrogen and oxygen atoms in total. The molecule has 1 amide bonds. The van der Waals surface area contributed by atoms with Crippen LogP contribution >= 0.6 is 11.6 Å². The van der Waals surface area contributed by atoms with Crippen LogP contribution < -0.4 is 5.32 Å². The van der Waals surface area contributed by atoms with E-state index in [1.165, 1.54) is 0 Å². The predicted octanol–water partition coefficient (Wildman–Crippen LogP) is 3.77. The molecule has 1 unspecified atom stereocenters. The lowest BCUT2D eigenvalue weighted by atomic mass is 10.2. The van der Waals surface area contributed by atoms with Crippen molar-refractivity contribution in [1.29, 1.82) is 0 Å². The summed E-state index contributed by atoms with van der Waals surface area (Å²) in [7, 11) is 0. The summed E-state index contributed by atoms with van der Waals surface area (Å²) in [6.07, 6.45) is 0. The van der Waals surface area contributed by atoms with Gasteiger partial charge in [0, 0.05) is 0 Å². The third kappa shape index (κ3) is 3.42. The fourth-order valence-corrected chi connectivity index (χ4v) is 2.95. The largest absolute Gasteiger partial charge is 0.345 e. The molecule has 6 heteroatoms. The fourth-order valence-electron chi connectivity index (χ4n) is 2.73. The van der Waals surface area contributed by atoms with Gasteiger partial charge in [-0.3, -0.25) is 9.59 Å². The van der Waals surface area contributed by atoms with Crippen molar-refractivity contribution in [2.45, 2.75) is 26.4 Å². The molecular formula is C19H18ClN3O2. The Balaban J connectivity index is 1.91. The minimum absolute atomic E-state index is 0.0295. The number of halogens is 1. The van der Waals surface area contributed by atoms with Crippen molar-refractivity contribution in [3.05, 3.63) is 64.9 Å². The number of Topliss-reactive ketones (excluding diaryl/α,β-unsaturated/α-hetero) is 1. The number of hydrogen-bond acceptors (Lipinski definition) is 3. The number of aromatic nitrogens is 2. The maximum absolute atomic E-state index is 12.4. The first-order valence-corrected chi connectivity index (χ1v) is 8.36. The van der Waals surface area contributed by atoms with Crippen molar-refractivity contribution in [3.63, 3.8) is 0 Å². The molecule has 3 rings (SSSR count). The number of hydrogen-bond donors (Lipinski definition) is 1. The Labute approximate surface area is 150 Å². The number of benzene rings is 2. The summed E-state index contributed by atoms with van der Waals surface area (Å²) in [6.45, 7) is 3.58. The highest BCUT2D eigenvalue weighted by Gasteiger charge is 2.19. The van der Waals surface area contributed by atoms with E-state index in [1.807, 2.05) is 35.8 Å². The van der Waals surface area contributed by atoms with Crippen molar-refractivity contribution >= 4 is 34.3 Å². The molecule has 2 aromatic carbocycles. The summed E-state index contributed by atoms with van der Waals surface area (Å²) >= 11 is 6.06. The highest BCUT2D eigenvalue weighted by molar-refractivity contribution is 6.33. The lowest BCUT2D eigenvalue weighted by Gasteiger charge is -2.15. The maximum Gasteiger partial charge on any atom is 0.253 e. The van der Waals surface area contributed by atoms with Gasteiger partial charge in [-0.2, -0.15) is 0 Å². The first-order valence-electron chi connectivity index (χ1n) is 7.98. The van der Waals surface area contributed by atoms with E-state index in [0.29, 0.717) is 16.4 Å². The van der Waals surface area contributed by atoms with Gasteiger partial charge in [0.1, 0.15) is 5.82 Å². The van der Waals surface area contributed by atoms with Crippen LogP contribution in [0.5, 0.6) is 0 Å². The molecule has 1 N–H and O–H groups in total. The van der Waals surface area contributed by atoms with Gasteiger partial charge in [-0.05, 0) is 38.1 Å². The molecule has 1 heterocycles. The zero-order valence-electron chi connectivity index (χ0n) is 14.0. The molecular weight excluding hydrogens is 338 g/mol. The first kappa shape index (κ1) is 17.2. The smallest absolute Gasteiger partial charge is 0.253 e. The molecule has 0 saturated heterocycles. The molecule has 1 atom stereocenters. The second-order valence-corrected chi connectivity index (χ2v) is 6.24. The number of carbonyl (C=O) groups is 2. The van der Waals surface area contributed by atoms with E-state index in [9.17, 15) is 9.59 Å². The molecule has 0 saturated carbocycles. The minimum Gasteiger partial charge on any atom is -0.345 e. The Hall–Kier alpha value is -2.66. The van der Waals surface area contributed by atoms with E-state index in [0.717, 1.165) is 11.0 Å². The lowest BCUT2D eigenvalue weighted by molar-refractivity contribution is -0.119. The van der Waals surface area contributed by atoms with Crippen LogP contribution in [0.15, 0.2) is 48.5 Å². The van der Waals surface area contributed by atoms with Crippen LogP contribution in [-0.4, -0.2) is 21.2 Å². The van der Waals surface area contributed by atoms with Crippen LogP contribution in [0.25, 0.3) is 11.0 Å². The van der Waals surface area contributed by atoms with E-state index in [-0.39, 0.29) is 24.3 Å². The van der Waals surface area contributed by atoms with E-state index in [1.54, 1.807) is 31.2 Å².